The van der Waals surface area contributed by atoms with E-state index in [2.05, 4.69) is 15.5 Å². The van der Waals surface area contributed by atoms with Gasteiger partial charge in [-0.2, -0.15) is 5.10 Å². The second kappa shape index (κ2) is 6.48. The fraction of sp³-hybridized carbons (Fsp3) is 0.100. The van der Waals surface area contributed by atoms with Crippen LogP contribution in [0.4, 0.5) is 16.0 Å². The van der Waals surface area contributed by atoms with Gasteiger partial charge in [0.25, 0.3) is 0 Å². The standard InChI is InChI=1S/C20H17FN4O/c1-12-8-19(25-24-12)22-18-11-14-10-16(26-2)6-7-17(14)20(23-18)13-4-3-5-15(21)9-13/h3-11H,1-2H3,(H2,22,23,24,25). The van der Waals surface area contributed by atoms with E-state index in [9.17, 15) is 4.39 Å². The molecule has 0 bridgehead atoms. The summed E-state index contributed by atoms with van der Waals surface area (Å²) < 4.78 is 19.1. The molecular weight excluding hydrogens is 331 g/mol. The maximum absolute atomic E-state index is 13.7. The maximum atomic E-state index is 13.7. The van der Waals surface area contributed by atoms with Crippen molar-refractivity contribution in [3.05, 3.63) is 66.1 Å². The van der Waals surface area contributed by atoms with Crippen LogP contribution in [0, 0.1) is 12.7 Å². The Bertz CT molecular complexity index is 1090. The Balaban J connectivity index is 1.89. The number of pyridine rings is 1. The lowest BCUT2D eigenvalue weighted by molar-refractivity contribution is 0.415. The number of aryl methyl sites for hydroxylation is 1. The first-order chi connectivity index (χ1) is 12.6. The van der Waals surface area contributed by atoms with Gasteiger partial charge in [-0.05, 0) is 48.7 Å². The van der Waals surface area contributed by atoms with Crippen LogP contribution in [0.15, 0.2) is 54.6 Å². The van der Waals surface area contributed by atoms with E-state index in [1.165, 1.54) is 12.1 Å². The summed E-state index contributed by atoms with van der Waals surface area (Å²) in [6.45, 7) is 1.93. The molecule has 0 aliphatic rings. The normalized spacial score (nSPS) is 10.9. The minimum Gasteiger partial charge on any atom is -0.497 e. The van der Waals surface area contributed by atoms with Crippen LogP contribution < -0.4 is 10.1 Å². The monoisotopic (exact) mass is 348 g/mol. The third-order valence-electron chi connectivity index (χ3n) is 4.10. The smallest absolute Gasteiger partial charge is 0.153 e. The largest absolute Gasteiger partial charge is 0.497 e. The number of aromatic amines is 1. The fourth-order valence-electron chi connectivity index (χ4n) is 2.90. The second-order valence-electron chi connectivity index (χ2n) is 6.01. The third-order valence-corrected chi connectivity index (χ3v) is 4.10. The molecule has 2 N–H and O–H groups in total. The van der Waals surface area contributed by atoms with Gasteiger partial charge in [-0.1, -0.05) is 12.1 Å². The maximum Gasteiger partial charge on any atom is 0.153 e. The number of hydrogen-bond donors (Lipinski definition) is 2. The van der Waals surface area contributed by atoms with Gasteiger partial charge in [0.05, 0.1) is 12.8 Å². The summed E-state index contributed by atoms with van der Waals surface area (Å²) in [5, 5.41) is 12.1. The second-order valence-corrected chi connectivity index (χ2v) is 6.01. The minimum atomic E-state index is -0.299. The van der Waals surface area contributed by atoms with E-state index < -0.39 is 0 Å². The molecule has 2 aromatic carbocycles. The van der Waals surface area contributed by atoms with Crippen molar-refractivity contribution in [3.63, 3.8) is 0 Å². The van der Waals surface area contributed by atoms with E-state index in [-0.39, 0.29) is 5.82 Å². The first-order valence-electron chi connectivity index (χ1n) is 8.16. The van der Waals surface area contributed by atoms with Crippen molar-refractivity contribution in [1.29, 1.82) is 0 Å². The Morgan fingerprint density at radius 1 is 1.04 bits per heavy atom. The lowest BCUT2D eigenvalue weighted by Crippen LogP contribution is -1.97. The molecule has 130 valence electrons. The van der Waals surface area contributed by atoms with Gasteiger partial charge in [0, 0.05) is 22.7 Å². The predicted molar refractivity (Wildman–Crippen MR) is 100 cm³/mol. The van der Waals surface area contributed by atoms with Crippen LogP contribution in [0.1, 0.15) is 5.69 Å². The minimum absolute atomic E-state index is 0.299. The summed E-state index contributed by atoms with van der Waals surface area (Å²) in [5.74, 6) is 1.74. The molecule has 2 aromatic heterocycles. The predicted octanol–water partition coefficient (Wildman–Crippen LogP) is 4.82. The lowest BCUT2D eigenvalue weighted by Gasteiger charge is -2.11. The van der Waals surface area contributed by atoms with Crippen LogP contribution in [0.2, 0.25) is 0 Å². The van der Waals surface area contributed by atoms with Crippen molar-refractivity contribution in [2.24, 2.45) is 0 Å². The quantitative estimate of drug-likeness (QED) is 0.555. The first-order valence-corrected chi connectivity index (χ1v) is 8.16. The summed E-state index contributed by atoms with van der Waals surface area (Å²) >= 11 is 0. The fourth-order valence-corrected chi connectivity index (χ4v) is 2.90. The molecule has 0 amide bonds. The van der Waals surface area contributed by atoms with Gasteiger partial charge < -0.3 is 10.1 Å². The highest BCUT2D eigenvalue weighted by molar-refractivity contribution is 5.97. The number of nitrogens with zero attached hydrogens (tertiary/aromatic N) is 2. The molecule has 6 heteroatoms. The molecule has 0 fully saturated rings. The van der Waals surface area contributed by atoms with Crippen molar-refractivity contribution in [2.75, 3.05) is 12.4 Å². The number of benzene rings is 2. The average Bonchev–Trinajstić information content (AvgIpc) is 3.05. The molecule has 5 nitrogen and oxygen atoms in total. The van der Waals surface area contributed by atoms with Crippen molar-refractivity contribution >= 4 is 22.4 Å². The number of rotatable bonds is 4. The zero-order chi connectivity index (χ0) is 18.1. The Kier molecular flexibility index (Phi) is 4.01. The van der Waals surface area contributed by atoms with Gasteiger partial charge in [0.2, 0.25) is 0 Å². The van der Waals surface area contributed by atoms with Crippen molar-refractivity contribution in [1.82, 2.24) is 15.2 Å². The highest BCUT2D eigenvalue weighted by Gasteiger charge is 2.11. The van der Waals surface area contributed by atoms with E-state index in [0.717, 1.165) is 22.2 Å². The van der Waals surface area contributed by atoms with E-state index in [1.54, 1.807) is 13.2 Å². The van der Waals surface area contributed by atoms with Crippen LogP contribution in [-0.4, -0.2) is 22.3 Å². The van der Waals surface area contributed by atoms with Gasteiger partial charge in [-0.25, -0.2) is 9.37 Å². The van der Waals surface area contributed by atoms with Gasteiger partial charge in [-0.3, -0.25) is 5.10 Å². The van der Waals surface area contributed by atoms with E-state index in [0.29, 0.717) is 22.9 Å². The number of fused-ring (bicyclic) bond motifs is 1. The third kappa shape index (κ3) is 3.09. The topological polar surface area (TPSA) is 62.8 Å². The summed E-state index contributed by atoms with van der Waals surface area (Å²) in [7, 11) is 1.63. The zero-order valence-electron chi connectivity index (χ0n) is 14.4. The molecule has 0 saturated heterocycles. The molecular formula is C20H17FN4O. The molecule has 0 unspecified atom stereocenters. The highest BCUT2D eigenvalue weighted by atomic mass is 19.1. The molecule has 0 radical (unpaired) electrons. The number of anilines is 2. The number of ether oxygens (including phenoxy) is 1. The first kappa shape index (κ1) is 16.1. The van der Waals surface area contributed by atoms with Crippen LogP contribution in [-0.2, 0) is 0 Å². The summed E-state index contributed by atoms with van der Waals surface area (Å²) in [6, 6.07) is 16.0. The Morgan fingerprint density at radius 2 is 1.92 bits per heavy atom. The number of H-pyrrole nitrogens is 1. The Labute approximate surface area is 149 Å². The number of halogens is 1. The molecule has 2 heterocycles. The molecule has 0 spiro atoms. The Hall–Kier alpha value is -3.41. The highest BCUT2D eigenvalue weighted by Crippen LogP contribution is 2.32. The zero-order valence-corrected chi connectivity index (χ0v) is 14.4. The van der Waals surface area contributed by atoms with Gasteiger partial charge in [-0.15, -0.1) is 0 Å². The van der Waals surface area contributed by atoms with Crippen molar-refractivity contribution in [2.45, 2.75) is 6.92 Å². The number of nitrogens with one attached hydrogen (secondary N) is 2. The molecule has 0 atom stereocenters. The summed E-state index contributed by atoms with van der Waals surface area (Å²) in [6.07, 6.45) is 0. The molecule has 4 rings (SSSR count). The molecule has 4 aromatic rings. The van der Waals surface area contributed by atoms with E-state index >= 15 is 0 Å². The molecule has 0 aliphatic carbocycles. The van der Waals surface area contributed by atoms with Crippen LogP contribution in [0.25, 0.3) is 22.0 Å². The van der Waals surface area contributed by atoms with Crippen molar-refractivity contribution < 1.29 is 9.13 Å². The van der Waals surface area contributed by atoms with Crippen molar-refractivity contribution in [3.8, 4) is 17.0 Å². The van der Waals surface area contributed by atoms with E-state index in [4.69, 9.17) is 9.72 Å². The molecule has 0 aliphatic heterocycles. The summed E-state index contributed by atoms with van der Waals surface area (Å²) in [5.41, 5.74) is 2.35. The van der Waals surface area contributed by atoms with Crippen LogP contribution >= 0.6 is 0 Å². The Morgan fingerprint density at radius 3 is 2.65 bits per heavy atom. The SMILES string of the molecule is COc1ccc2c(-c3cccc(F)c3)nc(Nc3cc(C)[nH]n3)cc2c1. The van der Waals surface area contributed by atoms with Gasteiger partial charge in [0.15, 0.2) is 5.82 Å². The number of methoxy groups -OCH3 is 1. The number of aromatic nitrogens is 3. The summed E-state index contributed by atoms with van der Waals surface area (Å²) in [4.78, 5) is 4.70. The number of hydrogen-bond acceptors (Lipinski definition) is 4. The van der Waals surface area contributed by atoms with Crippen LogP contribution in [0.3, 0.4) is 0 Å². The van der Waals surface area contributed by atoms with Gasteiger partial charge in [0.1, 0.15) is 17.4 Å². The van der Waals surface area contributed by atoms with Crippen LogP contribution in [0.5, 0.6) is 5.75 Å². The lowest BCUT2D eigenvalue weighted by atomic mass is 10.0. The molecule has 26 heavy (non-hydrogen) atoms. The molecule has 0 saturated carbocycles. The average molecular weight is 348 g/mol. The van der Waals surface area contributed by atoms with Gasteiger partial charge >= 0.3 is 0 Å². The van der Waals surface area contributed by atoms with E-state index in [1.807, 2.05) is 43.3 Å².